The fourth-order valence-electron chi connectivity index (χ4n) is 7.16. The van der Waals surface area contributed by atoms with Gasteiger partial charge in [0.15, 0.2) is 5.65 Å². The molecule has 0 saturated carbocycles. The Balaban J connectivity index is 1.21. The monoisotopic (exact) mass is 534 g/mol. The zero-order valence-electron chi connectivity index (χ0n) is 22.3. The lowest BCUT2D eigenvalue weighted by atomic mass is 9.89. The highest BCUT2D eigenvalue weighted by Crippen LogP contribution is 2.47. The number of rotatable bonds is 4. The van der Waals surface area contributed by atoms with Gasteiger partial charge in [-0.05, 0) is 67.6 Å². The largest absolute Gasteiger partial charge is 0.346 e. The Kier molecular flexibility index (Phi) is 5.85. The number of piperidine rings is 1. The van der Waals surface area contributed by atoms with Crippen LogP contribution in [0.25, 0.3) is 27.1 Å². The number of amides is 1. The van der Waals surface area contributed by atoms with E-state index in [2.05, 4.69) is 47.4 Å². The van der Waals surface area contributed by atoms with E-state index in [1.165, 1.54) is 48.6 Å². The average Bonchev–Trinajstić information content (AvgIpc) is 3.71. The van der Waals surface area contributed by atoms with Gasteiger partial charge < -0.3 is 15.2 Å². The summed E-state index contributed by atoms with van der Waals surface area (Å²) >= 11 is 1.90. The SMILES string of the molecule is Cc1c(C2CCN(C(=O)C3CC(F)CN3)CC2)sc2[nH]c(-c3cn4ncnc4c4c3CCC4)c(C(C)C)c12. The molecule has 200 valence electrons. The highest BCUT2D eigenvalue weighted by molar-refractivity contribution is 7.19. The number of alkyl halides is 1. The first-order valence-electron chi connectivity index (χ1n) is 14.1. The van der Waals surface area contributed by atoms with Crippen molar-refractivity contribution in [2.45, 2.75) is 83.3 Å². The molecule has 0 radical (unpaired) electrons. The molecule has 0 bridgehead atoms. The molecule has 2 unspecified atom stereocenters. The van der Waals surface area contributed by atoms with Crippen molar-refractivity contribution in [3.63, 3.8) is 0 Å². The number of thiophene rings is 1. The first kappa shape index (κ1) is 24.3. The fraction of sp³-hybridized carbons (Fsp3) is 0.552. The van der Waals surface area contributed by atoms with Crippen LogP contribution < -0.4 is 5.32 Å². The van der Waals surface area contributed by atoms with E-state index in [4.69, 9.17) is 0 Å². The number of aromatic nitrogens is 4. The fourth-order valence-corrected chi connectivity index (χ4v) is 8.55. The number of nitrogens with one attached hydrogen (secondary N) is 2. The molecule has 6 heterocycles. The summed E-state index contributed by atoms with van der Waals surface area (Å²) in [4.78, 5) is 25.9. The lowest BCUT2D eigenvalue weighted by Gasteiger charge is -2.33. The maximum Gasteiger partial charge on any atom is 0.239 e. The van der Waals surface area contributed by atoms with E-state index in [0.717, 1.165) is 50.8 Å². The molecular formula is C29H35FN6OS. The standard InChI is InChI=1S/C29H35FN6OS/c1-15(2)23-24-16(3)26(17-7-9-35(10-8-17)29(37)22-11-18(30)12-31-22)38-28(24)34-25(23)21-13-36-27(32-14-33-36)20-6-4-5-19(20)21/h13-15,17-18,22,31,34H,4-12H2,1-3H3. The van der Waals surface area contributed by atoms with Crippen molar-refractivity contribution in [2.24, 2.45) is 0 Å². The molecule has 1 amide bonds. The number of carbonyl (C=O) groups excluding carboxylic acids is 1. The highest BCUT2D eigenvalue weighted by atomic mass is 32.1. The second-order valence-corrected chi connectivity index (χ2v) is 12.7. The van der Waals surface area contributed by atoms with Crippen LogP contribution in [0.4, 0.5) is 4.39 Å². The summed E-state index contributed by atoms with van der Waals surface area (Å²) < 4.78 is 15.5. The van der Waals surface area contributed by atoms with Crippen molar-refractivity contribution in [2.75, 3.05) is 19.6 Å². The Morgan fingerprint density at radius 1 is 1.21 bits per heavy atom. The Labute approximate surface area is 225 Å². The van der Waals surface area contributed by atoms with Crippen molar-refractivity contribution < 1.29 is 9.18 Å². The van der Waals surface area contributed by atoms with Crippen LogP contribution in [0.1, 0.15) is 78.5 Å². The van der Waals surface area contributed by atoms with Crippen molar-refractivity contribution in [3.05, 3.63) is 39.7 Å². The molecule has 2 atom stereocenters. The van der Waals surface area contributed by atoms with E-state index in [0.29, 0.717) is 24.8 Å². The molecule has 38 heavy (non-hydrogen) atoms. The van der Waals surface area contributed by atoms with E-state index in [1.54, 1.807) is 6.33 Å². The highest BCUT2D eigenvalue weighted by Gasteiger charge is 2.35. The van der Waals surface area contributed by atoms with Crippen LogP contribution >= 0.6 is 11.3 Å². The van der Waals surface area contributed by atoms with Gasteiger partial charge in [0.05, 0.1) is 11.7 Å². The third kappa shape index (κ3) is 3.72. The summed E-state index contributed by atoms with van der Waals surface area (Å²) in [5, 5.41) is 8.91. The molecule has 2 N–H and O–H groups in total. The number of halogens is 1. The molecule has 4 aromatic rings. The molecule has 2 saturated heterocycles. The Hall–Kier alpha value is -2.78. The minimum absolute atomic E-state index is 0.0715. The maximum absolute atomic E-state index is 13.6. The van der Waals surface area contributed by atoms with Gasteiger partial charge in [-0.25, -0.2) is 13.9 Å². The molecule has 2 fully saturated rings. The molecule has 2 aliphatic heterocycles. The maximum atomic E-state index is 13.6. The predicted molar refractivity (Wildman–Crippen MR) is 149 cm³/mol. The lowest BCUT2D eigenvalue weighted by molar-refractivity contribution is -0.134. The number of H-pyrrole nitrogens is 1. The van der Waals surface area contributed by atoms with Gasteiger partial charge >= 0.3 is 0 Å². The second kappa shape index (κ2) is 9.16. The van der Waals surface area contributed by atoms with Crippen LogP contribution in [0, 0.1) is 6.92 Å². The zero-order chi connectivity index (χ0) is 26.1. The quantitative estimate of drug-likeness (QED) is 0.374. The third-order valence-corrected chi connectivity index (χ3v) is 10.4. The summed E-state index contributed by atoms with van der Waals surface area (Å²) in [6.07, 6.45) is 8.46. The molecule has 3 aliphatic rings. The van der Waals surface area contributed by atoms with E-state index in [1.807, 2.05) is 20.8 Å². The number of aryl methyl sites for hydroxylation is 2. The first-order valence-corrected chi connectivity index (χ1v) is 14.9. The van der Waals surface area contributed by atoms with Crippen LogP contribution in [0.2, 0.25) is 0 Å². The first-order chi connectivity index (χ1) is 18.4. The zero-order valence-corrected chi connectivity index (χ0v) is 23.1. The van der Waals surface area contributed by atoms with Crippen molar-refractivity contribution in [1.29, 1.82) is 0 Å². The number of fused-ring (bicyclic) bond motifs is 4. The van der Waals surface area contributed by atoms with Gasteiger partial charge in [-0.3, -0.25) is 4.79 Å². The number of pyridine rings is 1. The average molecular weight is 535 g/mol. The van der Waals surface area contributed by atoms with Gasteiger partial charge in [0, 0.05) is 53.6 Å². The van der Waals surface area contributed by atoms with Crippen LogP contribution in [0.15, 0.2) is 12.5 Å². The van der Waals surface area contributed by atoms with Gasteiger partial charge in [-0.1, -0.05) is 13.8 Å². The van der Waals surface area contributed by atoms with Crippen LogP contribution in [-0.4, -0.2) is 62.2 Å². The van der Waals surface area contributed by atoms with E-state index in [-0.39, 0.29) is 11.9 Å². The molecule has 4 aromatic heterocycles. The smallest absolute Gasteiger partial charge is 0.239 e. The number of hydrogen-bond acceptors (Lipinski definition) is 5. The Morgan fingerprint density at radius 2 is 2.00 bits per heavy atom. The molecule has 0 spiro atoms. The topological polar surface area (TPSA) is 78.3 Å². The molecule has 9 heteroatoms. The van der Waals surface area contributed by atoms with Gasteiger partial charge in [0.2, 0.25) is 5.91 Å². The number of carbonyl (C=O) groups is 1. The summed E-state index contributed by atoms with van der Waals surface area (Å²) in [7, 11) is 0. The van der Waals surface area contributed by atoms with Gasteiger partial charge in [-0.2, -0.15) is 5.10 Å². The van der Waals surface area contributed by atoms with E-state index >= 15 is 0 Å². The Morgan fingerprint density at radius 3 is 2.74 bits per heavy atom. The summed E-state index contributed by atoms with van der Waals surface area (Å²) in [5.74, 6) is 0.901. The van der Waals surface area contributed by atoms with E-state index in [9.17, 15) is 9.18 Å². The summed E-state index contributed by atoms with van der Waals surface area (Å²) in [6, 6.07) is -0.353. The molecular weight excluding hydrogens is 499 g/mol. The predicted octanol–water partition coefficient (Wildman–Crippen LogP) is 5.27. The van der Waals surface area contributed by atoms with Gasteiger partial charge in [0.25, 0.3) is 0 Å². The number of nitrogens with zero attached hydrogens (tertiary/aromatic N) is 4. The molecule has 7 rings (SSSR count). The second-order valence-electron chi connectivity index (χ2n) is 11.6. The van der Waals surface area contributed by atoms with Crippen LogP contribution in [-0.2, 0) is 17.6 Å². The molecule has 1 aliphatic carbocycles. The number of aromatic amines is 1. The van der Waals surface area contributed by atoms with Crippen molar-refractivity contribution >= 4 is 33.1 Å². The minimum Gasteiger partial charge on any atom is -0.346 e. The van der Waals surface area contributed by atoms with Gasteiger partial charge in [0.1, 0.15) is 17.3 Å². The lowest BCUT2D eigenvalue weighted by Crippen LogP contribution is -2.46. The third-order valence-electron chi connectivity index (χ3n) is 9.00. The minimum atomic E-state index is -0.905. The normalized spacial score (nSPS) is 22.4. The summed E-state index contributed by atoms with van der Waals surface area (Å²) in [6.45, 7) is 8.65. The van der Waals surface area contributed by atoms with Crippen LogP contribution in [0.5, 0.6) is 0 Å². The van der Waals surface area contributed by atoms with E-state index < -0.39 is 6.17 Å². The van der Waals surface area contributed by atoms with Crippen molar-refractivity contribution in [3.8, 4) is 11.3 Å². The molecule has 0 aromatic carbocycles. The number of hydrogen-bond donors (Lipinski definition) is 2. The Bertz CT molecular complexity index is 1540. The van der Waals surface area contributed by atoms with Gasteiger partial charge in [-0.15, -0.1) is 11.3 Å². The number of likely N-dealkylation sites (tertiary alicyclic amines) is 1. The molecule has 7 nitrogen and oxygen atoms in total. The van der Waals surface area contributed by atoms with Crippen LogP contribution in [0.3, 0.4) is 0 Å². The van der Waals surface area contributed by atoms with Crippen molar-refractivity contribution in [1.82, 2.24) is 29.8 Å². The summed E-state index contributed by atoms with van der Waals surface area (Å²) in [5.41, 5.74) is 9.06.